The van der Waals surface area contributed by atoms with E-state index in [4.69, 9.17) is 0 Å². The number of nitrogens with zero attached hydrogens (tertiary/aromatic N) is 5. The van der Waals surface area contributed by atoms with Crippen LogP contribution in [0.3, 0.4) is 0 Å². The quantitative estimate of drug-likeness (QED) is 0.379. The number of fused-ring (bicyclic) bond motifs is 1. The molecule has 0 aliphatic carbocycles. The van der Waals surface area contributed by atoms with E-state index in [2.05, 4.69) is 46.6 Å². The van der Waals surface area contributed by atoms with E-state index < -0.39 is 0 Å². The van der Waals surface area contributed by atoms with Crippen molar-refractivity contribution in [3.8, 4) is 11.3 Å². The van der Waals surface area contributed by atoms with Gasteiger partial charge >= 0.3 is 0 Å². The molecule has 2 aromatic carbocycles. The van der Waals surface area contributed by atoms with Crippen LogP contribution >= 0.6 is 0 Å². The maximum absolute atomic E-state index is 13.5. The van der Waals surface area contributed by atoms with Crippen LogP contribution in [0, 0.1) is 6.92 Å². The molecule has 200 valence electrons. The van der Waals surface area contributed by atoms with E-state index in [0.717, 1.165) is 22.5 Å². The zero-order chi connectivity index (χ0) is 27.1. The largest absolute Gasteiger partial charge is 0.353 e. The molecule has 0 bridgehead atoms. The molecular formula is C29H37N7O2. The number of hydrogen-bond donors (Lipinski definition) is 2. The second-order valence-corrected chi connectivity index (χ2v) is 9.92. The maximum Gasteiger partial charge on any atom is 0.256 e. The molecule has 9 nitrogen and oxygen atoms in total. The van der Waals surface area contributed by atoms with E-state index in [1.807, 2.05) is 47.2 Å². The number of nitrogens with one attached hydrogen (secondary N) is 2. The Kier molecular flexibility index (Phi) is 9.04. The Hall–Kier alpha value is -3.82. The van der Waals surface area contributed by atoms with Gasteiger partial charge in [0.2, 0.25) is 5.91 Å². The van der Waals surface area contributed by atoms with Crippen molar-refractivity contribution >= 4 is 17.5 Å². The number of amides is 2. The minimum Gasteiger partial charge on any atom is -0.353 e. The molecule has 2 N–H and O–H groups in total. The summed E-state index contributed by atoms with van der Waals surface area (Å²) in [5.41, 5.74) is 5.85. The van der Waals surface area contributed by atoms with Crippen LogP contribution in [-0.4, -0.2) is 71.1 Å². The lowest BCUT2D eigenvalue weighted by molar-refractivity contribution is -0.145. The van der Waals surface area contributed by atoms with Gasteiger partial charge in [-0.2, -0.15) is 0 Å². The first-order valence-corrected chi connectivity index (χ1v) is 13.0. The van der Waals surface area contributed by atoms with Gasteiger partial charge in [0.25, 0.3) is 5.91 Å². The van der Waals surface area contributed by atoms with Crippen LogP contribution in [0.15, 0.2) is 61.1 Å². The predicted octanol–water partition coefficient (Wildman–Crippen LogP) is 2.76. The Morgan fingerprint density at radius 1 is 1.03 bits per heavy atom. The van der Waals surface area contributed by atoms with Crippen LogP contribution in [0.1, 0.15) is 30.5 Å². The standard InChI is InChI=1S/C29H37N7O2/c1-21(2)31-13-14-33-28(37)19-35(27-15-23(10-9-22(27)3)26-16-30-11-12-32-26)20-29(38)34(4)36-17-24-7-5-6-8-25(24)18-36/h5-12,15-16,21,31H,13-14,17-20H2,1-4H3,(H,33,37). The smallest absolute Gasteiger partial charge is 0.256 e. The van der Waals surface area contributed by atoms with Crippen molar-refractivity contribution in [1.29, 1.82) is 0 Å². The van der Waals surface area contributed by atoms with Gasteiger partial charge in [-0.15, -0.1) is 0 Å². The van der Waals surface area contributed by atoms with Crippen molar-refractivity contribution < 1.29 is 9.59 Å². The van der Waals surface area contributed by atoms with Crippen LogP contribution in [0.5, 0.6) is 0 Å². The first kappa shape index (κ1) is 27.2. The number of carbonyl (C=O) groups is 2. The summed E-state index contributed by atoms with van der Waals surface area (Å²) < 4.78 is 0. The van der Waals surface area contributed by atoms with Gasteiger partial charge in [-0.3, -0.25) is 24.6 Å². The van der Waals surface area contributed by atoms with E-state index in [1.54, 1.807) is 30.6 Å². The summed E-state index contributed by atoms with van der Waals surface area (Å²) in [5.74, 6) is -0.222. The SMILES string of the molecule is Cc1ccc(-c2cnccn2)cc1N(CC(=O)NCCNC(C)C)CC(=O)N(C)N1Cc2ccccc2C1. The number of aromatic nitrogens is 2. The predicted molar refractivity (Wildman–Crippen MR) is 149 cm³/mol. The molecule has 0 unspecified atom stereocenters. The van der Waals surface area contributed by atoms with Crippen molar-refractivity contribution in [2.24, 2.45) is 0 Å². The van der Waals surface area contributed by atoms with Crippen molar-refractivity contribution in [3.63, 3.8) is 0 Å². The van der Waals surface area contributed by atoms with Gasteiger partial charge in [0.15, 0.2) is 0 Å². The second-order valence-electron chi connectivity index (χ2n) is 9.92. The van der Waals surface area contributed by atoms with Gasteiger partial charge in [0.1, 0.15) is 0 Å². The molecule has 1 aliphatic heterocycles. The summed E-state index contributed by atoms with van der Waals surface area (Å²) in [6.45, 7) is 8.81. The number of likely N-dealkylation sites (N-methyl/N-ethyl adjacent to an activating group) is 1. The third kappa shape index (κ3) is 6.93. The second kappa shape index (κ2) is 12.6. The van der Waals surface area contributed by atoms with E-state index in [0.29, 0.717) is 32.2 Å². The number of rotatable bonds is 11. The van der Waals surface area contributed by atoms with Crippen LogP contribution in [0.25, 0.3) is 11.3 Å². The van der Waals surface area contributed by atoms with Crippen LogP contribution < -0.4 is 15.5 Å². The lowest BCUT2D eigenvalue weighted by atomic mass is 10.1. The molecule has 38 heavy (non-hydrogen) atoms. The van der Waals surface area contributed by atoms with Crippen molar-refractivity contribution in [3.05, 3.63) is 77.7 Å². The molecule has 0 saturated carbocycles. The fourth-order valence-electron chi connectivity index (χ4n) is 4.53. The average Bonchev–Trinajstić information content (AvgIpc) is 3.35. The summed E-state index contributed by atoms with van der Waals surface area (Å²) in [6, 6.07) is 14.5. The third-order valence-electron chi connectivity index (χ3n) is 6.68. The van der Waals surface area contributed by atoms with Gasteiger partial charge in [0, 0.05) is 62.9 Å². The fraction of sp³-hybridized carbons (Fsp3) is 0.379. The van der Waals surface area contributed by atoms with Gasteiger partial charge in [-0.25, -0.2) is 5.01 Å². The number of carbonyl (C=O) groups excluding carboxylic acids is 2. The van der Waals surface area contributed by atoms with Crippen molar-refractivity contribution in [2.45, 2.75) is 39.9 Å². The Balaban J connectivity index is 1.52. The van der Waals surface area contributed by atoms with E-state index in [1.165, 1.54) is 11.1 Å². The maximum atomic E-state index is 13.5. The molecular weight excluding hydrogens is 478 g/mol. The molecule has 2 amide bonds. The Labute approximate surface area is 224 Å². The van der Waals surface area contributed by atoms with Gasteiger partial charge in [0.05, 0.1) is 25.0 Å². The molecule has 0 saturated heterocycles. The Morgan fingerprint density at radius 3 is 2.42 bits per heavy atom. The monoisotopic (exact) mass is 515 g/mol. The number of benzene rings is 2. The molecule has 1 aliphatic rings. The minimum atomic E-state index is -0.135. The van der Waals surface area contributed by atoms with Gasteiger partial charge < -0.3 is 15.5 Å². The lowest BCUT2D eigenvalue weighted by Gasteiger charge is -2.32. The molecule has 0 fully saturated rings. The van der Waals surface area contributed by atoms with Crippen LogP contribution in [-0.2, 0) is 22.7 Å². The highest BCUT2D eigenvalue weighted by Gasteiger charge is 2.27. The molecule has 4 rings (SSSR count). The normalized spacial score (nSPS) is 12.9. The highest BCUT2D eigenvalue weighted by molar-refractivity contribution is 5.87. The zero-order valence-corrected chi connectivity index (χ0v) is 22.6. The van der Waals surface area contributed by atoms with Crippen LogP contribution in [0.2, 0.25) is 0 Å². The average molecular weight is 516 g/mol. The Bertz CT molecular complexity index is 1220. The summed E-state index contributed by atoms with van der Waals surface area (Å²) in [7, 11) is 1.80. The van der Waals surface area contributed by atoms with Crippen LogP contribution in [0.4, 0.5) is 5.69 Å². The molecule has 0 spiro atoms. The zero-order valence-electron chi connectivity index (χ0n) is 22.6. The van der Waals surface area contributed by atoms with Gasteiger partial charge in [-0.1, -0.05) is 50.2 Å². The molecule has 0 atom stereocenters. The lowest BCUT2D eigenvalue weighted by Crippen LogP contribution is -2.48. The molecule has 2 heterocycles. The highest BCUT2D eigenvalue weighted by Crippen LogP contribution is 2.28. The molecule has 9 heteroatoms. The third-order valence-corrected chi connectivity index (χ3v) is 6.68. The van der Waals surface area contributed by atoms with Gasteiger partial charge in [-0.05, 0) is 29.7 Å². The van der Waals surface area contributed by atoms with Crippen molar-refractivity contribution in [2.75, 3.05) is 38.1 Å². The summed E-state index contributed by atoms with van der Waals surface area (Å²) in [6.07, 6.45) is 4.99. The number of anilines is 1. The van der Waals surface area contributed by atoms with Crippen molar-refractivity contribution in [1.82, 2.24) is 30.6 Å². The van der Waals surface area contributed by atoms with E-state index in [-0.39, 0.29) is 24.9 Å². The molecule has 1 aromatic heterocycles. The topological polar surface area (TPSA) is 93.7 Å². The minimum absolute atomic E-state index is 0.0613. The van der Waals surface area contributed by atoms with E-state index >= 15 is 0 Å². The highest BCUT2D eigenvalue weighted by atomic mass is 16.2. The first-order chi connectivity index (χ1) is 18.3. The number of hydrogen-bond acceptors (Lipinski definition) is 7. The number of aryl methyl sites for hydroxylation is 1. The molecule has 0 radical (unpaired) electrons. The first-order valence-electron chi connectivity index (χ1n) is 13.0. The fourth-order valence-corrected chi connectivity index (χ4v) is 4.53. The van der Waals surface area contributed by atoms with E-state index in [9.17, 15) is 9.59 Å². The Morgan fingerprint density at radius 2 is 1.76 bits per heavy atom. The summed E-state index contributed by atoms with van der Waals surface area (Å²) in [4.78, 5) is 36.9. The summed E-state index contributed by atoms with van der Waals surface area (Å²) >= 11 is 0. The number of hydrazine groups is 1. The summed E-state index contributed by atoms with van der Waals surface area (Å²) in [5, 5.41) is 9.99. The molecule has 3 aromatic rings.